The Morgan fingerprint density at radius 3 is 2.32 bits per heavy atom. The molecule has 0 aliphatic carbocycles. The van der Waals surface area contributed by atoms with E-state index in [-0.39, 0.29) is 10.6 Å². The van der Waals surface area contributed by atoms with Gasteiger partial charge in [-0.1, -0.05) is 36.4 Å². The smallest absolute Gasteiger partial charge is 0.338 e. The fraction of sp³-hybridized carbons (Fsp3) is 0.182. The van der Waals surface area contributed by atoms with Gasteiger partial charge in [0.2, 0.25) is 0 Å². The zero-order valence-corrected chi connectivity index (χ0v) is 16.1. The Morgan fingerprint density at radius 2 is 1.64 bits per heavy atom. The lowest BCUT2D eigenvalue weighted by molar-refractivity contribution is 0.0500. The molecule has 1 aromatic heterocycles. The highest BCUT2D eigenvalue weighted by Gasteiger charge is 2.15. The molecule has 0 bridgehead atoms. The number of pyridine rings is 1. The number of aryl methyl sites for hydroxylation is 1. The maximum Gasteiger partial charge on any atom is 0.338 e. The van der Waals surface area contributed by atoms with Crippen molar-refractivity contribution in [2.24, 2.45) is 0 Å². The Hall–Kier alpha value is -2.99. The standard InChI is InChI=1S/C22H21NO4S/c24-22(27-15-5-7-18-6-4-14-23-16-18)20-12-10-19(11-13-20)17-28(25,26)21-8-2-1-3-9-21/h1-4,6,8-14,16H,5,7,15,17H2. The summed E-state index contributed by atoms with van der Waals surface area (Å²) < 4.78 is 30.1. The van der Waals surface area contributed by atoms with E-state index in [1.165, 1.54) is 0 Å². The minimum atomic E-state index is -3.41. The molecule has 0 aliphatic rings. The second kappa shape index (κ2) is 9.28. The SMILES string of the molecule is O=C(OCCCc1cccnc1)c1ccc(CS(=O)(=O)c2ccccc2)cc1. The van der Waals surface area contributed by atoms with Crippen LogP contribution in [0.25, 0.3) is 0 Å². The molecule has 144 valence electrons. The first-order valence-electron chi connectivity index (χ1n) is 8.97. The number of aromatic nitrogens is 1. The minimum absolute atomic E-state index is 0.114. The molecule has 0 N–H and O–H groups in total. The highest BCUT2D eigenvalue weighted by Crippen LogP contribution is 2.17. The number of nitrogens with zero attached hydrogens (tertiary/aromatic N) is 1. The van der Waals surface area contributed by atoms with Crippen molar-refractivity contribution in [3.63, 3.8) is 0 Å². The first-order chi connectivity index (χ1) is 13.5. The number of rotatable bonds is 8. The van der Waals surface area contributed by atoms with Crippen molar-refractivity contribution >= 4 is 15.8 Å². The number of hydrogen-bond donors (Lipinski definition) is 0. The third-order valence-electron chi connectivity index (χ3n) is 4.21. The highest BCUT2D eigenvalue weighted by atomic mass is 32.2. The molecule has 2 aromatic carbocycles. The maximum atomic E-state index is 12.4. The van der Waals surface area contributed by atoms with Gasteiger partial charge in [0.15, 0.2) is 9.84 Å². The van der Waals surface area contributed by atoms with E-state index in [1.807, 2.05) is 12.1 Å². The Morgan fingerprint density at radius 1 is 0.893 bits per heavy atom. The molecular formula is C22H21NO4S. The largest absolute Gasteiger partial charge is 0.462 e. The van der Waals surface area contributed by atoms with Crippen LogP contribution >= 0.6 is 0 Å². The lowest BCUT2D eigenvalue weighted by Gasteiger charge is -2.07. The van der Waals surface area contributed by atoms with E-state index in [1.54, 1.807) is 67.0 Å². The Kier molecular flexibility index (Phi) is 6.55. The van der Waals surface area contributed by atoms with Gasteiger partial charge < -0.3 is 4.74 Å². The van der Waals surface area contributed by atoms with Gasteiger partial charge in [0.1, 0.15) is 0 Å². The molecule has 3 rings (SSSR count). The van der Waals surface area contributed by atoms with Crippen LogP contribution in [-0.4, -0.2) is 26.0 Å². The fourth-order valence-electron chi connectivity index (χ4n) is 2.74. The van der Waals surface area contributed by atoms with Crippen LogP contribution in [0, 0.1) is 0 Å². The van der Waals surface area contributed by atoms with Crippen LogP contribution in [0.4, 0.5) is 0 Å². The molecule has 0 radical (unpaired) electrons. The summed E-state index contributed by atoms with van der Waals surface area (Å²) in [6.45, 7) is 0.317. The average molecular weight is 395 g/mol. The Bertz CT molecular complexity index is 1000. The Labute approximate surface area is 164 Å². The molecule has 5 nitrogen and oxygen atoms in total. The predicted molar refractivity (Wildman–Crippen MR) is 107 cm³/mol. The van der Waals surface area contributed by atoms with Crippen LogP contribution in [0.1, 0.15) is 27.9 Å². The van der Waals surface area contributed by atoms with E-state index in [0.717, 1.165) is 12.0 Å². The molecule has 0 aliphatic heterocycles. The van der Waals surface area contributed by atoms with Crippen molar-refractivity contribution in [2.75, 3.05) is 6.61 Å². The van der Waals surface area contributed by atoms with E-state index in [4.69, 9.17) is 4.74 Å². The number of carbonyl (C=O) groups is 1. The Balaban J connectivity index is 1.51. The van der Waals surface area contributed by atoms with Crippen molar-refractivity contribution < 1.29 is 17.9 Å². The van der Waals surface area contributed by atoms with Gasteiger partial charge in [-0.15, -0.1) is 0 Å². The van der Waals surface area contributed by atoms with Gasteiger partial charge in [0.25, 0.3) is 0 Å². The predicted octanol–water partition coefficient (Wildman–Crippen LogP) is 3.85. The molecule has 0 atom stereocenters. The first kappa shape index (κ1) is 19.8. The van der Waals surface area contributed by atoms with Crippen LogP contribution in [0.3, 0.4) is 0 Å². The van der Waals surface area contributed by atoms with E-state index in [9.17, 15) is 13.2 Å². The van der Waals surface area contributed by atoms with E-state index in [0.29, 0.717) is 24.2 Å². The summed E-state index contributed by atoms with van der Waals surface area (Å²) in [4.78, 5) is 16.5. The quantitative estimate of drug-likeness (QED) is 0.428. The van der Waals surface area contributed by atoms with Crippen LogP contribution in [-0.2, 0) is 26.7 Å². The summed E-state index contributed by atoms with van der Waals surface area (Å²) in [5.74, 6) is -0.527. The number of benzene rings is 2. The minimum Gasteiger partial charge on any atom is -0.462 e. The topological polar surface area (TPSA) is 73.3 Å². The van der Waals surface area contributed by atoms with Gasteiger partial charge in [0, 0.05) is 12.4 Å². The lowest BCUT2D eigenvalue weighted by atomic mass is 10.1. The summed E-state index contributed by atoms with van der Waals surface area (Å²) in [6, 6.07) is 18.7. The second-order valence-corrected chi connectivity index (χ2v) is 8.36. The molecule has 0 amide bonds. The van der Waals surface area contributed by atoms with Crippen molar-refractivity contribution in [3.05, 3.63) is 95.8 Å². The number of hydrogen-bond acceptors (Lipinski definition) is 5. The van der Waals surface area contributed by atoms with E-state index < -0.39 is 15.8 Å². The second-order valence-electron chi connectivity index (χ2n) is 6.37. The van der Waals surface area contributed by atoms with Gasteiger partial charge in [-0.05, 0) is 54.3 Å². The fourth-order valence-corrected chi connectivity index (χ4v) is 4.11. The molecule has 6 heteroatoms. The summed E-state index contributed by atoms with van der Waals surface area (Å²) in [6.07, 6.45) is 5.02. The van der Waals surface area contributed by atoms with Crippen molar-refractivity contribution in [3.8, 4) is 0 Å². The first-order valence-corrected chi connectivity index (χ1v) is 10.6. The number of ether oxygens (including phenoxy) is 1. The lowest BCUT2D eigenvalue weighted by Crippen LogP contribution is -2.08. The molecular weight excluding hydrogens is 374 g/mol. The molecule has 1 heterocycles. The van der Waals surface area contributed by atoms with Gasteiger partial charge in [-0.2, -0.15) is 0 Å². The third-order valence-corrected chi connectivity index (χ3v) is 5.92. The van der Waals surface area contributed by atoms with Crippen molar-refractivity contribution in [2.45, 2.75) is 23.5 Å². The number of sulfone groups is 1. The van der Waals surface area contributed by atoms with E-state index >= 15 is 0 Å². The van der Waals surface area contributed by atoms with Crippen LogP contribution in [0.5, 0.6) is 0 Å². The monoisotopic (exact) mass is 395 g/mol. The van der Waals surface area contributed by atoms with Gasteiger partial charge >= 0.3 is 5.97 Å². The molecule has 3 aromatic rings. The van der Waals surface area contributed by atoms with Crippen molar-refractivity contribution in [1.82, 2.24) is 4.98 Å². The van der Waals surface area contributed by atoms with Crippen LogP contribution in [0.15, 0.2) is 84.0 Å². The zero-order chi connectivity index (χ0) is 19.8. The van der Waals surface area contributed by atoms with Gasteiger partial charge in [0.05, 0.1) is 22.8 Å². The average Bonchev–Trinajstić information content (AvgIpc) is 2.73. The molecule has 28 heavy (non-hydrogen) atoms. The van der Waals surface area contributed by atoms with E-state index in [2.05, 4.69) is 4.98 Å². The summed E-state index contributed by atoms with van der Waals surface area (Å²) in [5.41, 5.74) is 2.13. The van der Waals surface area contributed by atoms with Crippen LogP contribution < -0.4 is 0 Å². The third kappa shape index (κ3) is 5.50. The van der Waals surface area contributed by atoms with Crippen molar-refractivity contribution in [1.29, 1.82) is 0 Å². The molecule has 0 spiro atoms. The molecule has 0 fully saturated rings. The summed E-state index contributed by atoms with van der Waals surface area (Å²) >= 11 is 0. The summed E-state index contributed by atoms with van der Waals surface area (Å²) in [7, 11) is -3.41. The number of carbonyl (C=O) groups excluding carboxylic acids is 1. The van der Waals surface area contributed by atoms with Crippen LogP contribution in [0.2, 0.25) is 0 Å². The highest BCUT2D eigenvalue weighted by molar-refractivity contribution is 7.90. The zero-order valence-electron chi connectivity index (χ0n) is 15.3. The molecule has 0 unspecified atom stereocenters. The van der Waals surface area contributed by atoms with Gasteiger partial charge in [-0.25, -0.2) is 13.2 Å². The normalized spacial score (nSPS) is 11.1. The molecule has 0 saturated carbocycles. The molecule has 0 saturated heterocycles. The number of esters is 1. The maximum absolute atomic E-state index is 12.4. The summed E-state index contributed by atoms with van der Waals surface area (Å²) in [5, 5.41) is 0. The van der Waals surface area contributed by atoms with Gasteiger partial charge in [-0.3, -0.25) is 4.98 Å².